The molecule has 3 aromatic heterocycles. The van der Waals surface area contributed by atoms with Crippen molar-refractivity contribution in [3.05, 3.63) is 158 Å². The van der Waals surface area contributed by atoms with Crippen LogP contribution in [-0.4, -0.2) is 22.7 Å². The molecule has 0 amide bonds. The molecule has 0 N–H and O–H groups in total. The minimum Gasteiger partial charge on any atom is -0.456 e. The molecule has 5 aliphatic heterocycles. The van der Waals surface area contributed by atoms with Gasteiger partial charge in [0.15, 0.2) is 0 Å². The number of aromatic nitrogens is 2. The van der Waals surface area contributed by atoms with E-state index in [-0.39, 0.29) is 13.7 Å². The Hall–Kier alpha value is -7.37. The van der Waals surface area contributed by atoms with Crippen LogP contribution in [0.15, 0.2) is 162 Å². The first-order valence-corrected chi connectivity index (χ1v) is 19.9. The molecule has 57 heavy (non-hydrogen) atoms. The maximum absolute atomic E-state index is 6.64. The van der Waals surface area contributed by atoms with Crippen LogP contribution in [0.2, 0.25) is 0 Å². The van der Waals surface area contributed by atoms with Crippen molar-refractivity contribution in [3.63, 3.8) is 0 Å². The molecule has 258 valence electrons. The predicted octanol–water partition coefficient (Wildman–Crippen LogP) is 9.80. The molecule has 0 fully saturated rings. The number of nitrogens with zero attached hydrogens (tertiary/aromatic N) is 4. The van der Waals surface area contributed by atoms with Crippen LogP contribution in [0.1, 0.15) is 0 Å². The van der Waals surface area contributed by atoms with Crippen LogP contribution in [0.4, 0.5) is 34.1 Å². The lowest BCUT2D eigenvalue weighted by molar-refractivity contribution is 0.669. The average molecular weight is 720 g/mol. The van der Waals surface area contributed by atoms with Crippen molar-refractivity contribution >= 4 is 124 Å². The lowest BCUT2D eigenvalue weighted by atomic mass is 9.38. The molecule has 11 aromatic rings. The van der Waals surface area contributed by atoms with Gasteiger partial charge in [-0.25, -0.2) is 0 Å². The van der Waals surface area contributed by atoms with Crippen LogP contribution >= 0.6 is 0 Å². The van der Waals surface area contributed by atoms with Gasteiger partial charge in [-0.05, 0) is 105 Å². The highest BCUT2D eigenvalue weighted by Crippen LogP contribution is 2.55. The number of benzene rings is 8. The fourth-order valence-electron chi connectivity index (χ4n) is 12.1. The third-order valence-electron chi connectivity index (χ3n) is 13.9. The van der Waals surface area contributed by atoms with Crippen molar-refractivity contribution in [3.8, 4) is 22.3 Å². The second kappa shape index (κ2) is 9.18. The van der Waals surface area contributed by atoms with Crippen molar-refractivity contribution < 1.29 is 4.42 Å². The van der Waals surface area contributed by atoms with Crippen molar-refractivity contribution in [1.82, 2.24) is 8.96 Å². The van der Waals surface area contributed by atoms with E-state index < -0.39 is 0 Å². The quantitative estimate of drug-likeness (QED) is 0.167. The number of hydrogen-bond donors (Lipinski definition) is 0. The summed E-state index contributed by atoms with van der Waals surface area (Å²) < 4.78 is 12.0. The van der Waals surface area contributed by atoms with Crippen LogP contribution in [0.5, 0.6) is 0 Å². The molecule has 0 saturated heterocycles. The summed E-state index contributed by atoms with van der Waals surface area (Å²) in [5.74, 6) is 0. The van der Waals surface area contributed by atoms with Crippen molar-refractivity contribution in [2.45, 2.75) is 0 Å². The highest BCUT2D eigenvalue weighted by molar-refractivity contribution is 6.95. The molecule has 7 heteroatoms. The van der Waals surface area contributed by atoms with Gasteiger partial charge >= 0.3 is 13.7 Å². The van der Waals surface area contributed by atoms with Crippen molar-refractivity contribution in [2.24, 2.45) is 0 Å². The fraction of sp³-hybridized carbons (Fsp3) is 0. The van der Waals surface area contributed by atoms with Crippen LogP contribution in [-0.2, 0) is 0 Å². The Kier molecular flexibility index (Phi) is 4.52. The van der Waals surface area contributed by atoms with Crippen LogP contribution in [0.25, 0.3) is 76.9 Å². The monoisotopic (exact) mass is 720 g/mol. The zero-order valence-corrected chi connectivity index (χ0v) is 30.4. The lowest BCUT2D eigenvalue weighted by Gasteiger charge is -2.48. The number of anilines is 6. The van der Waals surface area contributed by atoms with E-state index in [1.807, 2.05) is 0 Å². The molecule has 0 radical (unpaired) electrons. The molecule has 16 rings (SSSR count). The van der Waals surface area contributed by atoms with Gasteiger partial charge in [0, 0.05) is 72.3 Å². The predicted molar refractivity (Wildman–Crippen MR) is 237 cm³/mol. The van der Waals surface area contributed by atoms with E-state index in [4.69, 9.17) is 4.42 Å². The van der Waals surface area contributed by atoms with Crippen LogP contribution < -0.4 is 31.7 Å². The Labute approximate surface area is 326 Å². The molecule has 0 spiro atoms. The average Bonchev–Trinajstić information content (AvgIpc) is 3.97. The highest BCUT2D eigenvalue weighted by atomic mass is 16.3. The van der Waals surface area contributed by atoms with Gasteiger partial charge in [0.1, 0.15) is 11.2 Å². The molecule has 0 unspecified atom stereocenters. The summed E-state index contributed by atoms with van der Waals surface area (Å²) in [6.07, 6.45) is 2.36. The Morgan fingerprint density at radius 2 is 1.19 bits per heavy atom. The summed E-state index contributed by atoms with van der Waals surface area (Å²) in [6.45, 7) is 0.00742. The summed E-state index contributed by atoms with van der Waals surface area (Å²) in [4.78, 5) is 5.12. The summed E-state index contributed by atoms with van der Waals surface area (Å²) in [6, 6.07) is 56.4. The SMILES string of the molecule is c1ccc(N2c3cccc4c3B3c5c2cc2c6c5-c5c7c(ccn7B6c6ccc7oc8ccccc8c7c6N2c2ccccc2)cc2c6cccc-4c6n3c52)cc1. The number of para-hydroxylation sites is 4. The standard InChI is InChI=1S/C50H26B2N4O/c1-3-11-28(12-4-1)54-36-19-10-16-30-31-17-9-18-32-34-25-27-23-24-53-47(27)43-42-45-38(26-37(54)46(42)52(44(30)36)56(48(31)32)49(34)43)55(29-13-5-2-6-14-29)50-35(51(45)53)21-22-40-41(50)33-15-7-8-20-39(33)57-40/h1-26H. The first-order chi connectivity index (χ1) is 28.3. The third kappa shape index (κ3) is 2.94. The van der Waals surface area contributed by atoms with Gasteiger partial charge in [-0.1, -0.05) is 91.0 Å². The molecule has 0 atom stereocenters. The van der Waals surface area contributed by atoms with E-state index in [1.54, 1.807) is 0 Å². The Morgan fingerprint density at radius 1 is 0.456 bits per heavy atom. The van der Waals surface area contributed by atoms with Gasteiger partial charge < -0.3 is 23.2 Å². The zero-order valence-electron chi connectivity index (χ0n) is 30.4. The van der Waals surface area contributed by atoms with E-state index >= 15 is 0 Å². The zero-order chi connectivity index (χ0) is 36.4. The maximum Gasteiger partial charge on any atom is 0.333 e. The minimum atomic E-state index is -0.0346. The van der Waals surface area contributed by atoms with Gasteiger partial charge in [0.2, 0.25) is 0 Å². The molecule has 5 aliphatic rings. The minimum absolute atomic E-state index is 0.0346. The topological polar surface area (TPSA) is 29.5 Å². The fourth-order valence-corrected chi connectivity index (χ4v) is 12.1. The smallest absolute Gasteiger partial charge is 0.333 e. The molecule has 0 aliphatic carbocycles. The number of fused-ring (bicyclic) bond motifs is 9. The molecule has 0 bridgehead atoms. The van der Waals surface area contributed by atoms with Crippen LogP contribution in [0, 0.1) is 0 Å². The van der Waals surface area contributed by atoms with Gasteiger partial charge in [-0.15, -0.1) is 0 Å². The largest absolute Gasteiger partial charge is 0.456 e. The van der Waals surface area contributed by atoms with E-state index in [0.717, 1.165) is 27.6 Å². The van der Waals surface area contributed by atoms with Gasteiger partial charge in [-0.2, -0.15) is 0 Å². The second-order valence-corrected chi connectivity index (χ2v) is 16.4. The van der Waals surface area contributed by atoms with Crippen LogP contribution in [0.3, 0.4) is 0 Å². The molecule has 0 saturated carbocycles. The third-order valence-corrected chi connectivity index (χ3v) is 13.9. The van der Waals surface area contributed by atoms with E-state index in [2.05, 4.69) is 177 Å². The number of hydrogen-bond acceptors (Lipinski definition) is 3. The van der Waals surface area contributed by atoms with Crippen molar-refractivity contribution in [1.29, 1.82) is 0 Å². The lowest BCUT2D eigenvalue weighted by Crippen LogP contribution is -2.64. The molecular formula is C50H26B2N4O. The Morgan fingerprint density at radius 3 is 2.07 bits per heavy atom. The normalized spacial score (nSPS) is 14.5. The molecule has 8 heterocycles. The number of furan rings is 1. The molecule has 8 aromatic carbocycles. The van der Waals surface area contributed by atoms with E-state index in [1.165, 1.54) is 105 Å². The van der Waals surface area contributed by atoms with E-state index in [9.17, 15) is 0 Å². The van der Waals surface area contributed by atoms with Gasteiger partial charge in [-0.3, -0.25) is 0 Å². The molecule has 5 nitrogen and oxygen atoms in total. The summed E-state index contributed by atoms with van der Waals surface area (Å²) in [7, 11) is 0. The van der Waals surface area contributed by atoms with E-state index in [0.29, 0.717) is 0 Å². The highest BCUT2D eigenvalue weighted by Gasteiger charge is 2.53. The first kappa shape index (κ1) is 28.1. The maximum atomic E-state index is 6.64. The molecular weight excluding hydrogens is 694 g/mol. The first-order valence-electron chi connectivity index (χ1n) is 19.9. The summed E-state index contributed by atoms with van der Waals surface area (Å²) in [5, 5.41) is 6.27. The Bertz CT molecular complexity index is 3730. The number of rotatable bonds is 2. The van der Waals surface area contributed by atoms with Gasteiger partial charge in [0.05, 0.1) is 11.1 Å². The summed E-state index contributed by atoms with van der Waals surface area (Å²) in [5.41, 5.74) is 24.0. The Balaban J connectivity index is 1.18. The second-order valence-electron chi connectivity index (χ2n) is 16.4. The van der Waals surface area contributed by atoms with Gasteiger partial charge in [0.25, 0.3) is 0 Å². The summed E-state index contributed by atoms with van der Waals surface area (Å²) >= 11 is 0. The van der Waals surface area contributed by atoms with Crippen molar-refractivity contribution in [2.75, 3.05) is 9.80 Å².